The number of rotatable bonds is 7. The fourth-order valence-electron chi connectivity index (χ4n) is 2.40. The van der Waals surface area contributed by atoms with Crippen LogP contribution in [0.3, 0.4) is 0 Å². The molecular weight excluding hydrogens is 266 g/mol. The van der Waals surface area contributed by atoms with Crippen molar-refractivity contribution in [3.05, 3.63) is 35.4 Å². The van der Waals surface area contributed by atoms with Crippen molar-refractivity contribution >= 4 is 11.7 Å². The molecule has 0 spiro atoms. The Balaban J connectivity index is 1.86. The molecule has 0 bridgehead atoms. The quantitative estimate of drug-likeness (QED) is 0.310. The highest BCUT2D eigenvalue weighted by molar-refractivity contribution is 5.97. The second kappa shape index (κ2) is 7.11. The first-order chi connectivity index (χ1) is 10.1. The Morgan fingerprint density at radius 2 is 2.10 bits per heavy atom. The lowest BCUT2D eigenvalue weighted by Gasteiger charge is -2.16. The summed E-state index contributed by atoms with van der Waals surface area (Å²) in [7, 11) is 0. The van der Waals surface area contributed by atoms with Crippen LogP contribution >= 0.6 is 0 Å². The molecule has 5 nitrogen and oxygen atoms in total. The minimum absolute atomic E-state index is 0.0547. The van der Waals surface area contributed by atoms with Crippen molar-refractivity contribution in [1.29, 1.82) is 0 Å². The number of nitrogens with zero attached hydrogens (tertiary/aromatic N) is 1. The molecule has 1 aromatic rings. The first kappa shape index (κ1) is 15.4. The highest BCUT2D eigenvalue weighted by Crippen LogP contribution is 2.34. The third-order valence-corrected chi connectivity index (χ3v) is 3.89. The number of nitrogens with one attached hydrogen (secondary N) is 1. The molecule has 0 radical (unpaired) electrons. The summed E-state index contributed by atoms with van der Waals surface area (Å²) in [4.78, 5) is 12.1. The smallest absolute Gasteiger partial charge is 0.224 e. The molecule has 0 saturated heterocycles. The molecule has 21 heavy (non-hydrogen) atoms. The summed E-state index contributed by atoms with van der Waals surface area (Å²) in [5, 5.41) is 14.7. The standard InChI is InChI=1S/C16H23N3O2/c1-2-14(9-11-3-4-11)18-15(20)10-12-5-7-13(8-6-12)16(17)19-21/h5-8,11,14,21H,2-4,9-10H2,1H3,(H2,17,19)(H,18,20). The molecule has 0 heterocycles. The van der Waals surface area contributed by atoms with E-state index in [1.54, 1.807) is 12.1 Å². The number of oxime groups is 1. The van der Waals surface area contributed by atoms with E-state index in [9.17, 15) is 4.79 Å². The molecule has 0 aromatic heterocycles. The molecule has 1 unspecified atom stereocenters. The van der Waals surface area contributed by atoms with Crippen LogP contribution in [-0.4, -0.2) is 23.0 Å². The average Bonchev–Trinajstić information content (AvgIpc) is 3.30. The summed E-state index contributed by atoms with van der Waals surface area (Å²) in [5.74, 6) is 0.941. The SMILES string of the molecule is CCC(CC1CC1)NC(=O)Cc1ccc(C(N)=NO)cc1. The number of amides is 1. The molecule has 1 saturated carbocycles. The molecule has 2 rings (SSSR count). The van der Waals surface area contributed by atoms with Gasteiger partial charge in [-0.3, -0.25) is 4.79 Å². The van der Waals surface area contributed by atoms with Crippen molar-refractivity contribution in [2.75, 3.05) is 0 Å². The van der Waals surface area contributed by atoms with E-state index in [1.807, 2.05) is 12.1 Å². The Hall–Kier alpha value is -2.04. The van der Waals surface area contributed by atoms with Crippen molar-refractivity contribution in [2.24, 2.45) is 16.8 Å². The number of hydrogen-bond acceptors (Lipinski definition) is 3. The van der Waals surface area contributed by atoms with E-state index in [2.05, 4.69) is 17.4 Å². The highest BCUT2D eigenvalue weighted by Gasteiger charge is 2.25. The normalized spacial score (nSPS) is 16.5. The van der Waals surface area contributed by atoms with Crippen LogP contribution in [0.5, 0.6) is 0 Å². The van der Waals surface area contributed by atoms with Gasteiger partial charge in [-0.25, -0.2) is 0 Å². The third kappa shape index (κ3) is 4.77. The fraction of sp³-hybridized carbons (Fsp3) is 0.500. The largest absolute Gasteiger partial charge is 0.409 e. The summed E-state index contributed by atoms with van der Waals surface area (Å²) in [6.07, 6.45) is 5.05. The van der Waals surface area contributed by atoms with Gasteiger partial charge < -0.3 is 16.3 Å². The number of carbonyl (C=O) groups is 1. The molecule has 114 valence electrons. The van der Waals surface area contributed by atoms with E-state index in [0.29, 0.717) is 18.0 Å². The second-order valence-corrected chi connectivity index (χ2v) is 5.71. The topological polar surface area (TPSA) is 87.7 Å². The number of hydrogen-bond donors (Lipinski definition) is 3. The molecule has 4 N–H and O–H groups in total. The van der Waals surface area contributed by atoms with E-state index >= 15 is 0 Å². The van der Waals surface area contributed by atoms with Crippen LogP contribution < -0.4 is 11.1 Å². The summed E-state index contributed by atoms with van der Waals surface area (Å²) < 4.78 is 0. The first-order valence-corrected chi connectivity index (χ1v) is 7.48. The maximum absolute atomic E-state index is 12.1. The van der Waals surface area contributed by atoms with Crippen LogP contribution in [0.4, 0.5) is 0 Å². The van der Waals surface area contributed by atoms with Gasteiger partial charge in [0.2, 0.25) is 5.91 Å². The van der Waals surface area contributed by atoms with Gasteiger partial charge in [-0.05, 0) is 24.3 Å². The van der Waals surface area contributed by atoms with E-state index in [1.165, 1.54) is 12.8 Å². The summed E-state index contributed by atoms with van der Waals surface area (Å²) >= 11 is 0. The molecular formula is C16H23N3O2. The van der Waals surface area contributed by atoms with Crippen molar-refractivity contribution < 1.29 is 10.0 Å². The van der Waals surface area contributed by atoms with Gasteiger partial charge in [-0.2, -0.15) is 0 Å². The van der Waals surface area contributed by atoms with Gasteiger partial charge in [0.05, 0.1) is 6.42 Å². The average molecular weight is 289 g/mol. The minimum Gasteiger partial charge on any atom is -0.409 e. The minimum atomic E-state index is 0.0547. The summed E-state index contributed by atoms with van der Waals surface area (Å²) in [6, 6.07) is 7.45. The van der Waals surface area contributed by atoms with Gasteiger partial charge in [0, 0.05) is 11.6 Å². The van der Waals surface area contributed by atoms with Crippen LogP contribution in [0.25, 0.3) is 0 Å². The molecule has 1 aliphatic rings. The Kier molecular flexibility index (Phi) is 5.20. The number of amidine groups is 1. The van der Waals surface area contributed by atoms with Gasteiger partial charge in [0.1, 0.15) is 0 Å². The monoisotopic (exact) mass is 289 g/mol. The zero-order valence-electron chi connectivity index (χ0n) is 12.4. The Morgan fingerprint density at radius 1 is 1.43 bits per heavy atom. The molecule has 1 fully saturated rings. The van der Waals surface area contributed by atoms with Crippen LogP contribution in [0, 0.1) is 5.92 Å². The molecule has 1 atom stereocenters. The summed E-state index contributed by atoms with van der Waals surface area (Å²) in [5.41, 5.74) is 7.06. The number of benzene rings is 1. The number of nitrogens with two attached hydrogens (primary N) is 1. The van der Waals surface area contributed by atoms with Crippen LogP contribution in [0.1, 0.15) is 43.7 Å². The van der Waals surface area contributed by atoms with Crippen molar-refractivity contribution in [3.8, 4) is 0 Å². The Labute approximate surface area is 125 Å². The maximum atomic E-state index is 12.1. The second-order valence-electron chi connectivity index (χ2n) is 5.71. The van der Waals surface area contributed by atoms with Crippen LogP contribution in [0.2, 0.25) is 0 Å². The highest BCUT2D eigenvalue weighted by atomic mass is 16.4. The molecule has 0 aliphatic heterocycles. The third-order valence-electron chi connectivity index (χ3n) is 3.89. The zero-order chi connectivity index (χ0) is 15.2. The van der Waals surface area contributed by atoms with Gasteiger partial charge >= 0.3 is 0 Å². The predicted octanol–water partition coefficient (Wildman–Crippen LogP) is 2.02. The van der Waals surface area contributed by atoms with Crippen LogP contribution in [-0.2, 0) is 11.2 Å². The van der Waals surface area contributed by atoms with E-state index < -0.39 is 0 Å². The zero-order valence-corrected chi connectivity index (χ0v) is 12.4. The van der Waals surface area contributed by atoms with Gasteiger partial charge in [-0.1, -0.05) is 49.2 Å². The van der Waals surface area contributed by atoms with Crippen LogP contribution in [0.15, 0.2) is 29.4 Å². The molecule has 1 amide bonds. The van der Waals surface area contributed by atoms with Crippen molar-refractivity contribution in [2.45, 2.75) is 45.1 Å². The maximum Gasteiger partial charge on any atom is 0.224 e. The molecule has 5 heteroatoms. The molecule has 1 aromatic carbocycles. The first-order valence-electron chi connectivity index (χ1n) is 7.48. The summed E-state index contributed by atoms with van der Waals surface area (Å²) in [6.45, 7) is 2.11. The molecule has 1 aliphatic carbocycles. The predicted molar refractivity (Wildman–Crippen MR) is 82.2 cm³/mol. The van der Waals surface area contributed by atoms with E-state index in [-0.39, 0.29) is 11.7 Å². The lowest BCUT2D eigenvalue weighted by Crippen LogP contribution is -2.35. The van der Waals surface area contributed by atoms with Gasteiger partial charge in [-0.15, -0.1) is 0 Å². The Bertz CT molecular complexity index is 507. The lowest BCUT2D eigenvalue weighted by atomic mass is 10.1. The van der Waals surface area contributed by atoms with E-state index in [4.69, 9.17) is 10.9 Å². The Morgan fingerprint density at radius 3 is 2.62 bits per heavy atom. The lowest BCUT2D eigenvalue weighted by molar-refractivity contribution is -0.121. The van der Waals surface area contributed by atoms with Gasteiger partial charge in [0.15, 0.2) is 5.84 Å². The fourth-order valence-corrected chi connectivity index (χ4v) is 2.40. The number of carbonyl (C=O) groups excluding carboxylic acids is 1. The van der Waals surface area contributed by atoms with Crippen molar-refractivity contribution in [3.63, 3.8) is 0 Å². The van der Waals surface area contributed by atoms with Crippen molar-refractivity contribution in [1.82, 2.24) is 5.32 Å². The van der Waals surface area contributed by atoms with Gasteiger partial charge in [0.25, 0.3) is 0 Å². The van der Waals surface area contributed by atoms with E-state index in [0.717, 1.165) is 24.3 Å².